The van der Waals surface area contributed by atoms with E-state index in [1.54, 1.807) is 0 Å². The standard InChI is InChI=1S/C12H24N2/c1-4-9(2)11-8-14(6-5-13-11)12-7-10(12)3/h9-13H,4-8H2,1-3H3. The average molecular weight is 196 g/mol. The van der Waals surface area contributed by atoms with Gasteiger partial charge >= 0.3 is 0 Å². The Morgan fingerprint density at radius 2 is 2.21 bits per heavy atom. The molecule has 2 fully saturated rings. The van der Waals surface area contributed by atoms with Gasteiger partial charge in [0.15, 0.2) is 0 Å². The van der Waals surface area contributed by atoms with E-state index in [1.807, 2.05) is 0 Å². The van der Waals surface area contributed by atoms with Crippen LogP contribution >= 0.6 is 0 Å². The maximum atomic E-state index is 3.66. The molecule has 1 saturated carbocycles. The Morgan fingerprint density at radius 3 is 2.79 bits per heavy atom. The third-order valence-corrected chi connectivity index (χ3v) is 4.10. The molecule has 1 aliphatic heterocycles. The summed E-state index contributed by atoms with van der Waals surface area (Å²) >= 11 is 0. The summed E-state index contributed by atoms with van der Waals surface area (Å²) in [4.78, 5) is 2.71. The minimum atomic E-state index is 0.738. The van der Waals surface area contributed by atoms with E-state index < -0.39 is 0 Å². The van der Waals surface area contributed by atoms with Crippen molar-refractivity contribution >= 4 is 0 Å². The molecule has 0 bridgehead atoms. The van der Waals surface area contributed by atoms with Gasteiger partial charge in [0.25, 0.3) is 0 Å². The van der Waals surface area contributed by atoms with Crippen molar-refractivity contribution in [2.24, 2.45) is 11.8 Å². The van der Waals surface area contributed by atoms with Gasteiger partial charge in [0, 0.05) is 31.7 Å². The van der Waals surface area contributed by atoms with E-state index in [9.17, 15) is 0 Å². The molecule has 2 heteroatoms. The van der Waals surface area contributed by atoms with Crippen molar-refractivity contribution < 1.29 is 0 Å². The highest BCUT2D eigenvalue weighted by Crippen LogP contribution is 2.35. The summed E-state index contributed by atoms with van der Waals surface area (Å²) in [6, 6.07) is 1.66. The van der Waals surface area contributed by atoms with Crippen LogP contribution in [0.5, 0.6) is 0 Å². The number of hydrogen-bond acceptors (Lipinski definition) is 2. The summed E-state index contributed by atoms with van der Waals surface area (Å²) in [6.07, 6.45) is 2.74. The van der Waals surface area contributed by atoms with E-state index in [4.69, 9.17) is 0 Å². The molecule has 4 unspecified atom stereocenters. The molecule has 4 atom stereocenters. The van der Waals surface area contributed by atoms with Gasteiger partial charge in [0.1, 0.15) is 0 Å². The molecule has 0 spiro atoms. The van der Waals surface area contributed by atoms with E-state index in [0.29, 0.717) is 0 Å². The molecule has 0 radical (unpaired) electrons. The Balaban J connectivity index is 1.84. The van der Waals surface area contributed by atoms with Crippen molar-refractivity contribution in [3.8, 4) is 0 Å². The molecule has 2 aliphatic rings. The number of piperazine rings is 1. The minimum Gasteiger partial charge on any atom is -0.311 e. The lowest BCUT2D eigenvalue weighted by atomic mass is 9.97. The molecule has 14 heavy (non-hydrogen) atoms. The van der Waals surface area contributed by atoms with Crippen LogP contribution in [0.2, 0.25) is 0 Å². The Kier molecular flexibility index (Phi) is 3.13. The quantitative estimate of drug-likeness (QED) is 0.739. The van der Waals surface area contributed by atoms with Crippen LogP contribution in [0.4, 0.5) is 0 Å². The molecule has 82 valence electrons. The van der Waals surface area contributed by atoms with E-state index >= 15 is 0 Å². The first-order chi connectivity index (χ1) is 6.72. The van der Waals surface area contributed by atoms with Gasteiger partial charge in [-0.2, -0.15) is 0 Å². The minimum absolute atomic E-state index is 0.738. The van der Waals surface area contributed by atoms with Crippen molar-refractivity contribution in [1.29, 1.82) is 0 Å². The average Bonchev–Trinajstić information content (AvgIpc) is 2.95. The third kappa shape index (κ3) is 2.12. The highest BCUT2D eigenvalue weighted by atomic mass is 15.2. The molecule has 1 aliphatic carbocycles. The zero-order valence-corrected chi connectivity index (χ0v) is 9.79. The van der Waals surface area contributed by atoms with Crippen LogP contribution in [0.3, 0.4) is 0 Å². The van der Waals surface area contributed by atoms with Crippen LogP contribution in [-0.4, -0.2) is 36.6 Å². The van der Waals surface area contributed by atoms with Crippen LogP contribution in [-0.2, 0) is 0 Å². The predicted molar refractivity (Wildman–Crippen MR) is 60.4 cm³/mol. The van der Waals surface area contributed by atoms with Gasteiger partial charge in [-0.25, -0.2) is 0 Å². The topological polar surface area (TPSA) is 15.3 Å². The van der Waals surface area contributed by atoms with Crippen LogP contribution in [0.15, 0.2) is 0 Å². The fourth-order valence-electron chi connectivity index (χ4n) is 2.58. The lowest BCUT2D eigenvalue weighted by Gasteiger charge is -2.36. The molecule has 1 heterocycles. The zero-order valence-electron chi connectivity index (χ0n) is 9.79. The Morgan fingerprint density at radius 1 is 1.50 bits per heavy atom. The van der Waals surface area contributed by atoms with Gasteiger partial charge in [-0.15, -0.1) is 0 Å². The van der Waals surface area contributed by atoms with E-state index in [-0.39, 0.29) is 0 Å². The van der Waals surface area contributed by atoms with Crippen LogP contribution in [0.1, 0.15) is 33.6 Å². The SMILES string of the molecule is CCC(C)C1CN(C2CC2C)CCN1. The molecule has 0 aromatic heterocycles. The molecular weight excluding hydrogens is 172 g/mol. The van der Waals surface area contributed by atoms with E-state index in [1.165, 1.54) is 32.5 Å². The van der Waals surface area contributed by atoms with Crippen LogP contribution in [0.25, 0.3) is 0 Å². The highest BCUT2D eigenvalue weighted by molar-refractivity contribution is 4.96. The van der Waals surface area contributed by atoms with E-state index in [0.717, 1.165) is 23.9 Å². The van der Waals surface area contributed by atoms with Gasteiger partial charge in [-0.05, 0) is 18.3 Å². The van der Waals surface area contributed by atoms with Crippen LogP contribution in [0, 0.1) is 11.8 Å². The molecule has 0 amide bonds. The predicted octanol–water partition coefficient (Wildman–Crippen LogP) is 1.71. The fraction of sp³-hybridized carbons (Fsp3) is 1.00. The van der Waals surface area contributed by atoms with Gasteiger partial charge < -0.3 is 5.32 Å². The largest absolute Gasteiger partial charge is 0.311 e. The van der Waals surface area contributed by atoms with Gasteiger partial charge in [-0.1, -0.05) is 27.2 Å². The Hall–Kier alpha value is -0.0800. The summed E-state index contributed by atoms with van der Waals surface area (Å²) in [5.41, 5.74) is 0. The Bertz CT molecular complexity index is 183. The first-order valence-electron chi connectivity index (χ1n) is 6.19. The second-order valence-electron chi connectivity index (χ2n) is 5.22. The first-order valence-corrected chi connectivity index (χ1v) is 6.19. The highest BCUT2D eigenvalue weighted by Gasteiger charge is 2.40. The maximum Gasteiger partial charge on any atom is 0.0221 e. The van der Waals surface area contributed by atoms with E-state index in [2.05, 4.69) is 31.0 Å². The van der Waals surface area contributed by atoms with Gasteiger partial charge in [-0.3, -0.25) is 4.90 Å². The molecule has 1 N–H and O–H groups in total. The van der Waals surface area contributed by atoms with Crippen molar-refractivity contribution in [2.75, 3.05) is 19.6 Å². The summed E-state index contributed by atoms with van der Waals surface area (Å²) in [6.45, 7) is 10.8. The normalized spacial score (nSPS) is 40.9. The lowest BCUT2D eigenvalue weighted by molar-refractivity contribution is 0.156. The van der Waals surface area contributed by atoms with Gasteiger partial charge in [0.05, 0.1) is 0 Å². The fourth-order valence-corrected chi connectivity index (χ4v) is 2.58. The molecule has 2 rings (SSSR count). The second kappa shape index (κ2) is 4.19. The summed E-state index contributed by atoms with van der Waals surface area (Å²) < 4.78 is 0. The number of nitrogens with one attached hydrogen (secondary N) is 1. The smallest absolute Gasteiger partial charge is 0.0221 e. The summed E-state index contributed by atoms with van der Waals surface area (Å²) in [5, 5.41) is 3.66. The molecule has 2 nitrogen and oxygen atoms in total. The summed E-state index contributed by atoms with van der Waals surface area (Å²) in [7, 11) is 0. The van der Waals surface area contributed by atoms with Crippen molar-refractivity contribution in [2.45, 2.75) is 45.7 Å². The third-order valence-electron chi connectivity index (χ3n) is 4.10. The molecule has 1 saturated heterocycles. The number of nitrogens with zero attached hydrogens (tertiary/aromatic N) is 1. The van der Waals surface area contributed by atoms with Crippen LogP contribution < -0.4 is 5.32 Å². The first kappa shape index (κ1) is 10.4. The van der Waals surface area contributed by atoms with Crippen molar-refractivity contribution in [3.63, 3.8) is 0 Å². The number of rotatable bonds is 3. The zero-order chi connectivity index (χ0) is 10.1. The van der Waals surface area contributed by atoms with Crippen molar-refractivity contribution in [1.82, 2.24) is 10.2 Å². The van der Waals surface area contributed by atoms with Gasteiger partial charge in [0.2, 0.25) is 0 Å². The molecule has 0 aromatic rings. The summed E-state index contributed by atoms with van der Waals surface area (Å²) in [5.74, 6) is 1.79. The molecule has 0 aromatic carbocycles. The Labute approximate surface area is 88.1 Å². The lowest BCUT2D eigenvalue weighted by Crippen LogP contribution is -2.54. The monoisotopic (exact) mass is 196 g/mol. The molecular formula is C12H24N2. The second-order valence-corrected chi connectivity index (χ2v) is 5.22. The maximum absolute atomic E-state index is 3.66. The number of hydrogen-bond donors (Lipinski definition) is 1. The van der Waals surface area contributed by atoms with Crippen molar-refractivity contribution in [3.05, 3.63) is 0 Å².